The topological polar surface area (TPSA) is 72.7 Å². The molecule has 0 saturated carbocycles. The van der Waals surface area contributed by atoms with Crippen LogP contribution in [0.3, 0.4) is 0 Å². The Bertz CT molecular complexity index is 918. The van der Waals surface area contributed by atoms with Gasteiger partial charge in [0.2, 0.25) is 11.7 Å². The number of tetrazole rings is 1. The molecule has 1 N–H and O–H groups in total. The normalized spacial score (nSPS) is 11.0. The lowest BCUT2D eigenvalue weighted by Gasteiger charge is -2.16. The number of hydrogen-bond donors (Lipinski definition) is 1. The van der Waals surface area contributed by atoms with Crippen molar-refractivity contribution in [3.8, 4) is 11.4 Å². The van der Waals surface area contributed by atoms with Crippen molar-refractivity contribution >= 4 is 23.2 Å². The molecule has 0 bridgehead atoms. The van der Waals surface area contributed by atoms with Crippen molar-refractivity contribution in [2.75, 3.05) is 5.32 Å². The van der Waals surface area contributed by atoms with Gasteiger partial charge in [0.15, 0.2) is 0 Å². The minimum Gasteiger partial charge on any atom is -0.324 e. The monoisotopic (exact) mass is 369 g/mol. The van der Waals surface area contributed by atoms with E-state index in [4.69, 9.17) is 11.6 Å². The Hall–Kier alpha value is -2.73. The van der Waals surface area contributed by atoms with Crippen molar-refractivity contribution in [2.45, 2.75) is 33.2 Å². The van der Waals surface area contributed by atoms with Gasteiger partial charge in [-0.25, -0.2) is 0 Å². The maximum atomic E-state index is 12.4. The number of aryl methyl sites for hydroxylation is 1. The van der Waals surface area contributed by atoms with Gasteiger partial charge in [-0.05, 0) is 53.4 Å². The molecule has 1 aromatic heterocycles. The van der Waals surface area contributed by atoms with Gasteiger partial charge in [0.05, 0.1) is 0 Å². The molecule has 0 saturated heterocycles. The van der Waals surface area contributed by atoms with Crippen molar-refractivity contribution in [3.05, 3.63) is 58.6 Å². The van der Waals surface area contributed by atoms with Crippen LogP contribution in [0.1, 0.15) is 30.9 Å². The molecule has 3 rings (SSSR count). The Morgan fingerprint density at radius 2 is 1.92 bits per heavy atom. The highest BCUT2D eigenvalue weighted by Gasteiger charge is 2.14. The molecular weight excluding hydrogens is 350 g/mol. The lowest BCUT2D eigenvalue weighted by atomic mass is 9.98. The fraction of sp³-hybridized carbons (Fsp3) is 0.263. The second-order valence-corrected chi connectivity index (χ2v) is 6.83. The second-order valence-electron chi connectivity index (χ2n) is 6.39. The minimum absolute atomic E-state index is 0.00748. The number of rotatable bonds is 5. The molecule has 1 heterocycles. The summed E-state index contributed by atoms with van der Waals surface area (Å²) in [7, 11) is 0. The molecular formula is C19H20ClN5O. The second kappa shape index (κ2) is 7.66. The van der Waals surface area contributed by atoms with E-state index in [0.717, 1.165) is 22.4 Å². The first kappa shape index (κ1) is 18.1. The number of carbonyl (C=O) groups is 1. The molecule has 0 aliphatic rings. The average molecular weight is 370 g/mol. The number of aromatic nitrogens is 4. The Balaban J connectivity index is 1.73. The van der Waals surface area contributed by atoms with Gasteiger partial charge < -0.3 is 5.32 Å². The fourth-order valence-electron chi connectivity index (χ4n) is 2.67. The fourth-order valence-corrected chi connectivity index (χ4v) is 2.80. The third-order valence-electron chi connectivity index (χ3n) is 4.03. The van der Waals surface area contributed by atoms with E-state index in [9.17, 15) is 4.79 Å². The maximum Gasteiger partial charge on any atom is 0.248 e. The van der Waals surface area contributed by atoms with E-state index in [1.807, 2.05) is 37.3 Å². The van der Waals surface area contributed by atoms with Crippen LogP contribution < -0.4 is 5.32 Å². The number of carbonyl (C=O) groups excluding carboxylic acids is 1. The number of amides is 1. The standard InChI is InChI=1S/C19H20ClN5O/c1-12(2)16-6-4-5-13(3)18(16)21-17(26)11-25-23-19(22-24-25)14-7-9-15(20)10-8-14/h4-10,12H,11H2,1-3H3,(H,21,26). The third kappa shape index (κ3) is 4.08. The van der Waals surface area contributed by atoms with Gasteiger partial charge in [-0.1, -0.05) is 43.6 Å². The molecule has 0 atom stereocenters. The number of hydrogen-bond acceptors (Lipinski definition) is 4. The van der Waals surface area contributed by atoms with Crippen molar-refractivity contribution in [2.24, 2.45) is 0 Å². The lowest BCUT2D eigenvalue weighted by molar-refractivity contribution is -0.117. The summed E-state index contributed by atoms with van der Waals surface area (Å²) in [6, 6.07) is 13.1. The predicted octanol–water partition coefficient (Wildman–Crippen LogP) is 4.06. The van der Waals surface area contributed by atoms with Crippen LogP contribution in [0.2, 0.25) is 5.02 Å². The summed E-state index contributed by atoms with van der Waals surface area (Å²) >= 11 is 5.88. The Labute approximate surface area is 157 Å². The molecule has 0 unspecified atom stereocenters. The number of halogens is 1. The van der Waals surface area contributed by atoms with Crippen molar-refractivity contribution in [3.63, 3.8) is 0 Å². The van der Waals surface area contributed by atoms with Crippen molar-refractivity contribution in [1.82, 2.24) is 20.2 Å². The van der Waals surface area contributed by atoms with Crippen LogP contribution in [0, 0.1) is 6.92 Å². The summed E-state index contributed by atoms with van der Waals surface area (Å²) in [5.74, 6) is 0.570. The zero-order valence-electron chi connectivity index (χ0n) is 14.9. The van der Waals surface area contributed by atoms with E-state index < -0.39 is 0 Å². The molecule has 7 heteroatoms. The highest BCUT2D eigenvalue weighted by molar-refractivity contribution is 6.30. The first-order valence-electron chi connectivity index (χ1n) is 8.37. The highest BCUT2D eigenvalue weighted by Crippen LogP contribution is 2.27. The molecule has 0 aliphatic carbocycles. The molecule has 0 radical (unpaired) electrons. The van der Waals surface area contributed by atoms with E-state index >= 15 is 0 Å². The largest absolute Gasteiger partial charge is 0.324 e. The van der Waals surface area contributed by atoms with Crippen LogP contribution in [-0.2, 0) is 11.3 Å². The van der Waals surface area contributed by atoms with Crippen LogP contribution in [0.4, 0.5) is 5.69 Å². The maximum absolute atomic E-state index is 12.4. The summed E-state index contributed by atoms with van der Waals surface area (Å²) in [6.45, 7) is 6.17. The SMILES string of the molecule is Cc1cccc(C(C)C)c1NC(=O)Cn1nnc(-c2ccc(Cl)cc2)n1. The van der Waals surface area contributed by atoms with E-state index in [1.165, 1.54) is 4.80 Å². The average Bonchev–Trinajstić information content (AvgIpc) is 3.05. The molecule has 0 fully saturated rings. The van der Waals surface area contributed by atoms with Gasteiger partial charge in [0.1, 0.15) is 6.54 Å². The van der Waals surface area contributed by atoms with Crippen molar-refractivity contribution < 1.29 is 4.79 Å². The van der Waals surface area contributed by atoms with Gasteiger partial charge in [0, 0.05) is 16.3 Å². The third-order valence-corrected chi connectivity index (χ3v) is 4.28. The van der Waals surface area contributed by atoms with Crippen molar-refractivity contribution in [1.29, 1.82) is 0 Å². The first-order chi connectivity index (χ1) is 12.4. The molecule has 0 aliphatic heterocycles. The lowest BCUT2D eigenvalue weighted by Crippen LogP contribution is -2.22. The smallest absolute Gasteiger partial charge is 0.248 e. The van der Waals surface area contributed by atoms with Gasteiger partial charge >= 0.3 is 0 Å². The summed E-state index contributed by atoms with van der Waals surface area (Å²) in [6.07, 6.45) is 0. The van der Waals surface area contributed by atoms with Crippen LogP contribution in [0.25, 0.3) is 11.4 Å². The zero-order chi connectivity index (χ0) is 18.7. The zero-order valence-corrected chi connectivity index (χ0v) is 15.7. The highest BCUT2D eigenvalue weighted by atomic mass is 35.5. The van der Waals surface area contributed by atoms with Crippen LogP contribution in [0.5, 0.6) is 0 Å². The van der Waals surface area contributed by atoms with Gasteiger partial charge in [-0.2, -0.15) is 4.80 Å². The summed E-state index contributed by atoms with van der Waals surface area (Å²) in [4.78, 5) is 13.7. The molecule has 6 nitrogen and oxygen atoms in total. The van der Waals surface area contributed by atoms with Gasteiger partial charge in [-0.15, -0.1) is 10.2 Å². The van der Waals surface area contributed by atoms with E-state index in [-0.39, 0.29) is 12.5 Å². The van der Waals surface area contributed by atoms with Crippen LogP contribution in [-0.4, -0.2) is 26.1 Å². The summed E-state index contributed by atoms with van der Waals surface area (Å²) in [5, 5.41) is 15.8. The number of para-hydroxylation sites is 1. The number of nitrogens with one attached hydrogen (secondary N) is 1. The van der Waals surface area contributed by atoms with E-state index in [2.05, 4.69) is 34.6 Å². The van der Waals surface area contributed by atoms with Gasteiger partial charge in [0.25, 0.3) is 0 Å². The Morgan fingerprint density at radius 3 is 2.62 bits per heavy atom. The number of benzene rings is 2. The Morgan fingerprint density at radius 1 is 1.19 bits per heavy atom. The number of nitrogens with zero attached hydrogens (tertiary/aromatic N) is 4. The predicted molar refractivity (Wildman–Crippen MR) is 102 cm³/mol. The van der Waals surface area contributed by atoms with E-state index in [1.54, 1.807) is 12.1 Å². The molecule has 0 spiro atoms. The Kier molecular flexibility index (Phi) is 5.32. The van der Waals surface area contributed by atoms with Crippen LogP contribution >= 0.6 is 11.6 Å². The molecule has 3 aromatic rings. The quantitative estimate of drug-likeness (QED) is 0.735. The first-order valence-corrected chi connectivity index (χ1v) is 8.75. The molecule has 26 heavy (non-hydrogen) atoms. The number of anilines is 1. The summed E-state index contributed by atoms with van der Waals surface area (Å²) in [5.41, 5.74) is 3.78. The molecule has 2 aromatic carbocycles. The molecule has 1 amide bonds. The summed E-state index contributed by atoms with van der Waals surface area (Å²) < 4.78 is 0. The minimum atomic E-state index is -0.193. The van der Waals surface area contributed by atoms with E-state index in [0.29, 0.717) is 16.8 Å². The van der Waals surface area contributed by atoms with Crippen LogP contribution in [0.15, 0.2) is 42.5 Å². The molecule has 134 valence electrons. The van der Waals surface area contributed by atoms with Gasteiger partial charge in [-0.3, -0.25) is 4.79 Å².